The van der Waals surface area contributed by atoms with E-state index in [1.54, 1.807) is 7.11 Å². The van der Waals surface area contributed by atoms with Gasteiger partial charge in [0.2, 0.25) is 5.95 Å². The van der Waals surface area contributed by atoms with E-state index in [4.69, 9.17) is 4.74 Å². The second-order valence-electron chi connectivity index (χ2n) is 5.67. The maximum atomic E-state index is 12.4. The fraction of sp³-hybridized carbons (Fsp3) is 0.176. The zero-order valence-corrected chi connectivity index (χ0v) is 15.0. The van der Waals surface area contributed by atoms with Crippen molar-refractivity contribution < 1.29 is 22.6 Å². The van der Waals surface area contributed by atoms with E-state index in [-0.39, 0.29) is 5.75 Å². The van der Waals surface area contributed by atoms with E-state index in [9.17, 15) is 13.2 Å². The van der Waals surface area contributed by atoms with Crippen LogP contribution >= 0.6 is 11.3 Å². The molecule has 0 unspecified atom stereocenters. The molecule has 0 aliphatic rings. The second-order valence-corrected chi connectivity index (χ2v) is 6.70. The van der Waals surface area contributed by atoms with Crippen molar-refractivity contribution in [1.29, 1.82) is 0 Å². The first-order valence-electron chi connectivity index (χ1n) is 7.76. The quantitative estimate of drug-likeness (QED) is 0.537. The average molecular weight is 394 g/mol. The van der Waals surface area contributed by atoms with Crippen LogP contribution in [0, 0.1) is 0 Å². The normalized spacial score (nSPS) is 11.9. The molecule has 0 atom stereocenters. The number of nitrogens with one attached hydrogen (secondary N) is 1. The van der Waals surface area contributed by atoms with Crippen molar-refractivity contribution in [3.05, 3.63) is 36.4 Å². The Bertz CT molecular complexity index is 1140. The summed E-state index contributed by atoms with van der Waals surface area (Å²) in [5.41, 5.74) is 2.22. The molecule has 27 heavy (non-hydrogen) atoms. The van der Waals surface area contributed by atoms with Crippen LogP contribution < -0.4 is 14.8 Å². The van der Waals surface area contributed by atoms with E-state index in [1.165, 1.54) is 29.5 Å². The fourth-order valence-corrected chi connectivity index (χ4v) is 3.55. The van der Waals surface area contributed by atoms with E-state index >= 15 is 0 Å². The van der Waals surface area contributed by atoms with Crippen LogP contribution in [0.1, 0.15) is 0 Å². The van der Waals surface area contributed by atoms with Gasteiger partial charge in [0.25, 0.3) is 0 Å². The number of benzene rings is 2. The number of imidazole rings is 1. The summed E-state index contributed by atoms with van der Waals surface area (Å²) in [6.45, 7) is 0. The highest BCUT2D eigenvalue weighted by molar-refractivity contribution is 7.22. The van der Waals surface area contributed by atoms with Crippen molar-refractivity contribution in [1.82, 2.24) is 14.5 Å². The van der Waals surface area contributed by atoms with Crippen LogP contribution in [-0.4, -0.2) is 28.0 Å². The molecule has 0 bridgehead atoms. The number of nitrogens with zero attached hydrogens (tertiary/aromatic N) is 3. The number of aryl methyl sites for hydroxylation is 1. The number of methoxy groups -OCH3 is 1. The molecule has 1 N–H and O–H groups in total. The molecule has 0 aliphatic carbocycles. The topological polar surface area (TPSA) is 61.2 Å². The number of ether oxygens (including phenoxy) is 2. The van der Waals surface area contributed by atoms with Crippen molar-refractivity contribution in [2.75, 3.05) is 12.4 Å². The minimum absolute atomic E-state index is 0.278. The van der Waals surface area contributed by atoms with Crippen molar-refractivity contribution in [2.45, 2.75) is 6.36 Å². The first-order chi connectivity index (χ1) is 12.8. The van der Waals surface area contributed by atoms with Crippen molar-refractivity contribution in [3.63, 3.8) is 0 Å². The standard InChI is InChI=1S/C17H13F3N4O2S/c1-24-13-7-9(25-2)3-5-11(13)21-15(24)23-16-22-12-6-4-10(8-14(12)27-16)26-17(18,19)20/h3-8H,1-2H3,(H,21,22,23). The highest BCUT2D eigenvalue weighted by Crippen LogP contribution is 2.33. The summed E-state index contributed by atoms with van der Waals surface area (Å²) in [4.78, 5) is 8.89. The van der Waals surface area contributed by atoms with E-state index in [0.29, 0.717) is 27.0 Å². The SMILES string of the molecule is COc1ccc2nc(Nc3nc4ccc(OC(F)(F)F)cc4s3)n(C)c2c1. The summed E-state index contributed by atoms with van der Waals surface area (Å²) in [5.74, 6) is 0.998. The van der Waals surface area contributed by atoms with Gasteiger partial charge < -0.3 is 19.4 Å². The summed E-state index contributed by atoms with van der Waals surface area (Å²) >= 11 is 1.21. The second kappa shape index (κ2) is 6.31. The van der Waals surface area contributed by atoms with Crippen LogP contribution in [0.15, 0.2) is 36.4 Å². The van der Waals surface area contributed by atoms with Gasteiger partial charge in [0.05, 0.1) is 28.4 Å². The molecule has 2 aromatic carbocycles. The van der Waals surface area contributed by atoms with Gasteiger partial charge in [0.15, 0.2) is 5.13 Å². The van der Waals surface area contributed by atoms with Crippen molar-refractivity contribution >= 4 is 43.7 Å². The molecule has 2 heterocycles. The van der Waals surface area contributed by atoms with E-state index in [0.717, 1.165) is 11.0 Å². The minimum Gasteiger partial charge on any atom is -0.497 e. The van der Waals surface area contributed by atoms with Crippen LogP contribution in [0.2, 0.25) is 0 Å². The molecule has 10 heteroatoms. The Hall–Kier alpha value is -3.01. The van der Waals surface area contributed by atoms with Crippen LogP contribution in [0.25, 0.3) is 21.3 Å². The fourth-order valence-electron chi connectivity index (χ4n) is 2.66. The molecular weight excluding hydrogens is 381 g/mol. The largest absolute Gasteiger partial charge is 0.573 e. The predicted molar refractivity (Wildman–Crippen MR) is 96.9 cm³/mol. The van der Waals surface area contributed by atoms with Crippen LogP contribution in [-0.2, 0) is 7.05 Å². The zero-order valence-electron chi connectivity index (χ0n) is 14.2. The average Bonchev–Trinajstić information content (AvgIpc) is 3.14. The maximum Gasteiger partial charge on any atom is 0.573 e. The van der Waals surface area contributed by atoms with Gasteiger partial charge in [-0.1, -0.05) is 11.3 Å². The number of fused-ring (bicyclic) bond motifs is 2. The Morgan fingerprint density at radius 3 is 2.52 bits per heavy atom. The molecule has 2 aromatic heterocycles. The van der Waals surface area contributed by atoms with Gasteiger partial charge in [-0.05, 0) is 24.3 Å². The number of thiazole rings is 1. The first kappa shape index (κ1) is 17.4. The van der Waals surface area contributed by atoms with Gasteiger partial charge in [-0.15, -0.1) is 13.2 Å². The lowest BCUT2D eigenvalue weighted by atomic mass is 10.3. The van der Waals surface area contributed by atoms with E-state index in [2.05, 4.69) is 20.0 Å². The number of aromatic nitrogens is 3. The Balaban J connectivity index is 1.65. The monoisotopic (exact) mass is 394 g/mol. The molecule has 0 spiro atoms. The Kier molecular flexibility index (Phi) is 4.06. The number of anilines is 2. The van der Waals surface area contributed by atoms with Gasteiger partial charge in [0, 0.05) is 19.2 Å². The smallest absolute Gasteiger partial charge is 0.497 e. The third-order valence-corrected chi connectivity index (χ3v) is 4.83. The lowest BCUT2D eigenvalue weighted by molar-refractivity contribution is -0.274. The Morgan fingerprint density at radius 1 is 1.04 bits per heavy atom. The Morgan fingerprint density at radius 2 is 1.78 bits per heavy atom. The summed E-state index contributed by atoms with van der Waals surface area (Å²) in [7, 11) is 3.44. The number of hydrogen-bond donors (Lipinski definition) is 1. The summed E-state index contributed by atoms with van der Waals surface area (Å²) in [5, 5.41) is 3.63. The molecule has 0 radical (unpaired) electrons. The van der Waals surface area contributed by atoms with Gasteiger partial charge in [-0.25, -0.2) is 9.97 Å². The lowest BCUT2D eigenvalue weighted by Crippen LogP contribution is -2.16. The molecule has 0 saturated carbocycles. The number of hydrogen-bond acceptors (Lipinski definition) is 6. The highest BCUT2D eigenvalue weighted by Gasteiger charge is 2.31. The molecule has 0 aliphatic heterocycles. The maximum absolute atomic E-state index is 12.4. The van der Waals surface area contributed by atoms with Crippen LogP contribution in [0.4, 0.5) is 24.3 Å². The third-order valence-electron chi connectivity index (χ3n) is 3.90. The molecule has 0 saturated heterocycles. The molecular formula is C17H13F3N4O2S. The van der Waals surface area contributed by atoms with E-state index < -0.39 is 6.36 Å². The van der Waals surface area contributed by atoms with Gasteiger partial charge in [-0.2, -0.15) is 0 Å². The van der Waals surface area contributed by atoms with E-state index in [1.807, 2.05) is 29.8 Å². The van der Waals surface area contributed by atoms with Crippen LogP contribution in [0.3, 0.4) is 0 Å². The predicted octanol–water partition coefficient (Wildman–Crippen LogP) is 4.83. The first-order valence-corrected chi connectivity index (χ1v) is 8.58. The number of alkyl halides is 3. The number of rotatable bonds is 4. The molecule has 140 valence electrons. The molecule has 4 aromatic rings. The summed E-state index contributed by atoms with van der Waals surface area (Å²) in [6, 6.07) is 9.56. The number of halogens is 3. The molecule has 0 amide bonds. The molecule has 4 rings (SSSR count). The third kappa shape index (κ3) is 3.47. The van der Waals surface area contributed by atoms with Gasteiger partial charge >= 0.3 is 6.36 Å². The molecule has 6 nitrogen and oxygen atoms in total. The summed E-state index contributed by atoms with van der Waals surface area (Å²) < 4.78 is 48.7. The highest BCUT2D eigenvalue weighted by atomic mass is 32.1. The summed E-state index contributed by atoms with van der Waals surface area (Å²) in [6.07, 6.45) is -4.73. The van der Waals surface area contributed by atoms with Crippen LogP contribution in [0.5, 0.6) is 11.5 Å². The minimum atomic E-state index is -4.73. The van der Waals surface area contributed by atoms with Gasteiger partial charge in [-0.3, -0.25) is 0 Å². The van der Waals surface area contributed by atoms with Crippen molar-refractivity contribution in [3.8, 4) is 11.5 Å². The lowest BCUT2D eigenvalue weighted by Gasteiger charge is -2.07. The molecule has 0 fully saturated rings. The van der Waals surface area contributed by atoms with Gasteiger partial charge in [0.1, 0.15) is 11.5 Å². The zero-order chi connectivity index (χ0) is 19.2. The van der Waals surface area contributed by atoms with Crippen molar-refractivity contribution in [2.24, 2.45) is 7.05 Å². The Labute approximate surface area is 155 Å².